The molecule has 0 heterocycles. The van der Waals surface area contributed by atoms with E-state index in [0.717, 1.165) is 11.1 Å². The highest BCUT2D eigenvalue weighted by atomic mass is 16.2. The molecule has 0 saturated carbocycles. The van der Waals surface area contributed by atoms with Gasteiger partial charge in [0.15, 0.2) is 0 Å². The second-order valence-electron chi connectivity index (χ2n) is 5.52. The standard InChI is InChI=1S/C19H21N3O2/c1-13-3-6-15(7-4-13)8-10-18(23)21-16-9-5-14(2)17(11-16)22-19(24)12-20/h3-11H,12,20H2,1-2H3,(H,21,23)(H,22,24)/b10-8+. The van der Waals surface area contributed by atoms with E-state index in [1.54, 1.807) is 18.2 Å². The van der Waals surface area contributed by atoms with E-state index < -0.39 is 0 Å². The Hall–Kier alpha value is -2.92. The molecule has 2 aromatic rings. The van der Waals surface area contributed by atoms with Crippen LogP contribution in [-0.2, 0) is 9.59 Å². The average molecular weight is 323 g/mol. The van der Waals surface area contributed by atoms with Crippen LogP contribution in [0, 0.1) is 13.8 Å². The van der Waals surface area contributed by atoms with Gasteiger partial charge in [-0.3, -0.25) is 9.59 Å². The van der Waals surface area contributed by atoms with E-state index in [1.165, 1.54) is 11.6 Å². The van der Waals surface area contributed by atoms with Gasteiger partial charge in [0.1, 0.15) is 0 Å². The predicted molar refractivity (Wildman–Crippen MR) is 97.7 cm³/mol. The molecular weight excluding hydrogens is 302 g/mol. The smallest absolute Gasteiger partial charge is 0.248 e. The van der Waals surface area contributed by atoms with Crippen molar-refractivity contribution in [3.8, 4) is 0 Å². The molecule has 0 bridgehead atoms. The van der Waals surface area contributed by atoms with Gasteiger partial charge in [-0.2, -0.15) is 0 Å². The maximum Gasteiger partial charge on any atom is 0.248 e. The van der Waals surface area contributed by atoms with Gasteiger partial charge in [0, 0.05) is 17.5 Å². The Balaban J connectivity index is 2.04. The molecule has 0 saturated heterocycles. The van der Waals surface area contributed by atoms with Crippen LogP contribution in [0.5, 0.6) is 0 Å². The van der Waals surface area contributed by atoms with E-state index >= 15 is 0 Å². The molecule has 0 aliphatic heterocycles. The summed E-state index contributed by atoms with van der Waals surface area (Å²) in [5.41, 5.74) is 9.55. The Labute approximate surface area is 141 Å². The van der Waals surface area contributed by atoms with Crippen LogP contribution in [0.4, 0.5) is 11.4 Å². The SMILES string of the molecule is Cc1ccc(/C=C/C(=O)Nc2ccc(C)c(NC(=O)CN)c2)cc1. The fraction of sp³-hybridized carbons (Fsp3) is 0.158. The van der Waals surface area contributed by atoms with Crippen LogP contribution < -0.4 is 16.4 Å². The molecule has 124 valence electrons. The monoisotopic (exact) mass is 323 g/mol. The summed E-state index contributed by atoms with van der Waals surface area (Å²) in [4.78, 5) is 23.4. The Morgan fingerprint density at radius 2 is 1.75 bits per heavy atom. The Morgan fingerprint density at radius 1 is 1.04 bits per heavy atom. The molecule has 0 aromatic heterocycles. The van der Waals surface area contributed by atoms with Crippen LogP contribution in [0.3, 0.4) is 0 Å². The van der Waals surface area contributed by atoms with Crippen molar-refractivity contribution in [2.24, 2.45) is 5.73 Å². The van der Waals surface area contributed by atoms with Gasteiger partial charge < -0.3 is 16.4 Å². The first-order valence-corrected chi connectivity index (χ1v) is 7.64. The lowest BCUT2D eigenvalue weighted by molar-refractivity contribution is -0.115. The molecule has 0 fully saturated rings. The van der Waals surface area contributed by atoms with Gasteiger partial charge in [0.25, 0.3) is 0 Å². The first-order chi connectivity index (χ1) is 11.5. The third-order valence-corrected chi connectivity index (χ3v) is 3.47. The summed E-state index contributed by atoms with van der Waals surface area (Å²) in [6.45, 7) is 3.79. The summed E-state index contributed by atoms with van der Waals surface area (Å²) in [5.74, 6) is -0.517. The number of hydrogen-bond acceptors (Lipinski definition) is 3. The largest absolute Gasteiger partial charge is 0.325 e. The molecule has 0 radical (unpaired) electrons. The first kappa shape index (κ1) is 17.4. The lowest BCUT2D eigenvalue weighted by atomic mass is 10.1. The zero-order chi connectivity index (χ0) is 17.5. The number of rotatable bonds is 5. The molecule has 5 nitrogen and oxygen atoms in total. The van der Waals surface area contributed by atoms with E-state index in [2.05, 4.69) is 10.6 Å². The Morgan fingerprint density at radius 3 is 2.42 bits per heavy atom. The minimum atomic E-state index is -0.277. The van der Waals surface area contributed by atoms with Gasteiger partial charge in [-0.05, 0) is 43.2 Å². The summed E-state index contributed by atoms with van der Waals surface area (Å²) in [6.07, 6.45) is 3.22. The fourth-order valence-electron chi connectivity index (χ4n) is 2.07. The molecule has 0 aliphatic rings. The van der Waals surface area contributed by atoms with Gasteiger partial charge >= 0.3 is 0 Å². The molecule has 2 aromatic carbocycles. The van der Waals surface area contributed by atoms with Gasteiger partial charge in [0.05, 0.1) is 6.54 Å². The van der Waals surface area contributed by atoms with Gasteiger partial charge in [-0.1, -0.05) is 35.9 Å². The van der Waals surface area contributed by atoms with Crippen molar-refractivity contribution in [3.05, 3.63) is 65.2 Å². The minimum absolute atomic E-state index is 0.0880. The molecule has 24 heavy (non-hydrogen) atoms. The van der Waals surface area contributed by atoms with Crippen molar-refractivity contribution < 1.29 is 9.59 Å². The molecule has 2 rings (SSSR count). The number of anilines is 2. The van der Waals surface area contributed by atoms with Crippen molar-refractivity contribution in [1.29, 1.82) is 0 Å². The molecular formula is C19H21N3O2. The summed E-state index contributed by atoms with van der Waals surface area (Å²) >= 11 is 0. The van der Waals surface area contributed by atoms with E-state index in [0.29, 0.717) is 11.4 Å². The number of aryl methyl sites for hydroxylation is 2. The molecule has 0 aliphatic carbocycles. The maximum absolute atomic E-state index is 12.0. The van der Waals surface area contributed by atoms with E-state index in [-0.39, 0.29) is 18.4 Å². The lowest BCUT2D eigenvalue weighted by Gasteiger charge is -2.10. The van der Waals surface area contributed by atoms with Crippen LogP contribution >= 0.6 is 0 Å². The number of carbonyl (C=O) groups is 2. The summed E-state index contributed by atoms with van der Waals surface area (Å²) < 4.78 is 0. The van der Waals surface area contributed by atoms with Crippen molar-refractivity contribution >= 4 is 29.3 Å². The molecule has 0 atom stereocenters. The fourth-order valence-corrected chi connectivity index (χ4v) is 2.07. The zero-order valence-corrected chi connectivity index (χ0v) is 13.8. The average Bonchev–Trinajstić information content (AvgIpc) is 2.57. The number of carbonyl (C=O) groups excluding carboxylic acids is 2. The molecule has 2 amide bonds. The second-order valence-corrected chi connectivity index (χ2v) is 5.52. The van der Waals surface area contributed by atoms with Crippen molar-refractivity contribution in [2.45, 2.75) is 13.8 Å². The van der Waals surface area contributed by atoms with Crippen molar-refractivity contribution in [2.75, 3.05) is 17.2 Å². The first-order valence-electron chi connectivity index (χ1n) is 7.64. The van der Waals surface area contributed by atoms with Gasteiger partial charge in [0.2, 0.25) is 11.8 Å². The Kier molecular flexibility index (Phi) is 5.87. The molecule has 0 unspecified atom stereocenters. The van der Waals surface area contributed by atoms with Gasteiger partial charge in [-0.25, -0.2) is 0 Å². The number of nitrogens with two attached hydrogens (primary N) is 1. The quantitative estimate of drug-likeness (QED) is 0.740. The van der Waals surface area contributed by atoms with Crippen molar-refractivity contribution in [3.63, 3.8) is 0 Å². The molecule has 5 heteroatoms. The second kappa shape index (κ2) is 8.08. The lowest BCUT2D eigenvalue weighted by Crippen LogP contribution is -2.22. The normalized spacial score (nSPS) is 10.6. The Bertz CT molecular complexity index is 765. The van der Waals surface area contributed by atoms with Crippen molar-refractivity contribution in [1.82, 2.24) is 0 Å². The van der Waals surface area contributed by atoms with Gasteiger partial charge in [-0.15, -0.1) is 0 Å². The molecule has 4 N–H and O–H groups in total. The van der Waals surface area contributed by atoms with E-state index in [4.69, 9.17) is 5.73 Å². The summed E-state index contributed by atoms with van der Waals surface area (Å²) in [7, 11) is 0. The van der Waals surface area contributed by atoms with Crippen LogP contribution in [0.15, 0.2) is 48.5 Å². The highest BCUT2D eigenvalue weighted by Gasteiger charge is 2.05. The minimum Gasteiger partial charge on any atom is -0.325 e. The number of nitrogens with one attached hydrogen (secondary N) is 2. The van der Waals surface area contributed by atoms with E-state index in [1.807, 2.05) is 44.2 Å². The van der Waals surface area contributed by atoms with E-state index in [9.17, 15) is 9.59 Å². The zero-order valence-electron chi connectivity index (χ0n) is 13.8. The molecule has 0 spiro atoms. The summed E-state index contributed by atoms with van der Waals surface area (Å²) in [5, 5.41) is 5.48. The number of amides is 2. The van der Waals surface area contributed by atoms with Crippen LogP contribution in [0.1, 0.15) is 16.7 Å². The number of benzene rings is 2. The van der Waals surface area contributed by atoms with Crippen LogP contribution in [0.2, 0.25) is 0 Å². The third-order valence-electron chi connectivity index (χ3n) is 3.47. The third kappa shape index (κ3) is 5.07. The van der Waals surface area contributed by atoms with Crippen LogP contribution in [0.25, 0.3) is 6.08 Å². The van der Waals surface area contributed by atoms with Crippen LogP contribution in [-0.4, -0.2) is 18.4 Å². The number of hydrogen-bond donors (Lipinski definition) is 3. The highest BCUT2D eigenvalue weighted by Crippen LogP contribution is 2.20. The topological polar surface area (TPSA) is 84.2 Å². The highest BCUT2D eigenvalue weighted by molar-refractivity contribution is 6.02. The summed E-state index contributed by atoms with van der Waals surface area (Å²) in [6, 6.07) is 13.2. The maximum atomic E-state index is 12.0. The predicted octanol–water partition coefficient (Wildman–Crippen LogP) is 2.85.